The van der Waals surface area contributed by atoms with Gasteiger partial charge in [0.05, 0.1) is 28.5 Å². The summed E-state index contributed by atoms with van der Waals surface area (Å²) in [5, 5.41) is 0.558. The molecule has 0 saturated carbocycles. The van der Waals surface area contributed by atoms with Crippen LogP contribution in [0.2, 0.25) is 5.02 Å². The first-order valence-corrected chi connectivity index (χ1v) is 11.7. The van der Waals surface area contributed by atoms with Gasteiger partial charge in [0.1, 0.15) is 0 Å². The molecule has 33 heavy (non-hydrogen) atoms. The first kappa shape index (κ1) is 23.0. The summed E-state index contributed by atoms with van der Waals surface area (Å²) in [6, 6.07) is 14.5. The van der Waals surface area contributed by atoms with Crippen LogP contribution in [0.1, 0.15) is 31.0 Å². The van der Waals surface area contributed by atoms with E-state index in [2.05, 4.69) is 4.99 Å². The van der Waals surface area contributed by atoms with Crippen molar-refractivity contribution < 1.29 is 9.53 Å². The molecule has 0 aliphatic carbocycles. The zero-order valence-corrected chi connectivity index (χ0v) is 20.4. The molecule has 2 aromatic carbocycles. The SMILES string of the molecule is CCOC(=O)C1=C(C)N=c2sc(=Cc3ccccc3Cl)c(=O)n2C1c1ccc(N(C)C)cc1. The van der Waals surface area contributed by atoms with Gasteiger partial charge in [-0.3, -0.25) is 9.36 Å². The number of aromatic nitrogens is 1. The van der Waals surface area contributed by atoms with Crippen LogP contribution < -0.4 is 19.8 Å². The summed E-state index contributed by atoms with van der Waals surface area (Å²) in [5.41, 5.74) is 3.26. The Labute approximate surface area is 200 Å². The van der Waals surface area contributed by atoms with Crippen molar-refractivity contribution in [3.05, 3.63) is 95.6 Å². The molecule has 0 radical (unpaired) electrons. The molecule has 1 unspecified atom stereocenters. The van der Waals surface area contributed by atoms with Crippen molar-refractivity contribution >= 4 is 40.7 Å². The number of allylic oxidation sites excluding steroid dienone is 1. The minimum Gasteiger partial charge on any atom is -0.463 e. The van der Waals surface area contributed by atoms with Gasteiger partial charge in [-0.2, -0.15) is 0 Å². The normalized spacial score (nSPS) is 15.8. The third-order valence-corrected chi connectivity index (χ3v) is 6.76. The van der Waals surface area contributed by atoms with E-state index in [1.807, 2.05) is 61.5 Å². The van der Waals surface area contributed by atoms with Gasteiger partial charge in [0.25, 0.3) is 5.56 Å². The van der Waals surface area contributed by atoms with Crippen LogP contribution in [0.15, 0.2) is 69.6 Å². The van der Waals surface area contributed by atoms with Crippen molar-refractivity contribution in [1.82, 2.24) is 4.57 Å². The third-order valence-electron chi connectivity index (χ3n) is 5.43. The Morgan fingerprint density at radius 1 is 1.21 bits per heavy atom. The number of esters is 1. The topological polar surface area (TPSA) is 63.9 Å². The molecule has 1 aliphatic rings. The fourth-order valence-electron chi connectivity index (χ4n) is 3.80. The Morgan fingerprint density at radius 3 is 2.55 bits per heavy atom. The van der Waals surface area contributed by atoms with Crippen LogP contribution in [0.3, 0.4) is 0 Å². The molecule has 0 amide bonds. The zero-order chi connectivity index (χ0) is 23.7. The van der Waals surface area contributed by atoms with E-state index in [4.69, 9.17) is 16.3 Å². The summed E-state index contributed by atoms with van der Waals surface area (Å²) in [5.74, 6) is -0.471. The Balaban J connectivity index is 1.95. The molecule has 0 fully saturated rings. The Kier molecular flexibility index (Phi) is 6.54. The summed E-state index contributed by atoms with van der Waals surface area (Å²) in [6.45, 7) is 3.77. The number of hydrogen-bond donors (Lipinski definition) is 0. The highest BCUT2D eigenvalue weighted by Gasteiger charge is 2.33. The number of thiazole rings is 1. The second kappa shape index (κ2) is 9.37. The van der Waals surface area contributed by atoms with E-state index < -0.39 is 12.0 Å². The van der Waals surface area contributed by atoms with Crippen LogP contribution in [-0.2, 0) is 9.53 Å². The molecule has 4 rings (SSSR count). The van der Waals surface area contributed by atoms with Gasteiger partial charge < -0.3 is 9.64 Å². The zero-order valence-electron chi connectivity index (χ0n) is 18.8. The van der Waals surface area contributed by atoms with Crippen LogP contribution in [0.25, 0.3) is 6.08 Å². The van der Waals surface area contributed by atoms with Crippen molar-refractivity contribution in [3.8, 4) is 0 Å². The van der Waals surface area contributed by atoms with Gasteiger partial charge in [-0.1, -0.05) is 53.3 Å². The molecule has 0 spiro atoms. The van der Waals surface area contributed by atoms with E-state index in [9.17, 15) is 9.59 Å². The average Bonchev–Trinajstić information content (AvgIpc) is 3.09. The van der Waals surface area contributed by atoms with E-state index in [0.717, 1.165) is 16.8 Å². The van der Waals surface area contributed by atoms with E-state index in [1.54, 1.807) is 30.6 Å². The first-order valence-electron chi connectivity index (χ1n) is 10.5. The maximum absolute atomic E-state index is 13.6. The molecule has 0 N–H and O–H groups in total. The number of anilines is 1. The van der Waals surface area contributed by atoms with Gasteiger partial charge in [-0.25, -0.2) is 9.79 Å². The fraction of sp³-hybridized carbons (Fsp3) is 0.240. The lowest BCUT2D eigenvalue weighted by Crippen LogP contribution is -2.39. The van der Waals surface area contributed by atoms with Crippen LogP contribution in [0, 0.1) is 0 Å². The quantitative estimate of drug-likeness (QED) is 0.523. The van der Waals surface area contributed by atoms with E-state index >= 15 is 0 Å². The maximum Gasteiger partial charge on any atom is 0.338 e. The highest BCUT2D eigenvalue weighted by atomic mass is 35.5. The largest absolute Gasteiger partial charge is 0.463 e. The lowest BCUT2D eigenvalue weighted by molar-refractivity contribution is -0.139. The number of nitrogens with zero attached hydrogens (tertiary/aromatic N) is 3. The molecule has 2 heterocycles. The Morgan fingerprint density at radius 2 is 1.91 bits per heavy atom. The molecule has 6 nitrogen and oxygen atoms in total. The number of carbonyl (C=O) groups excluding carboxylic acids is 1. The van der Waals surface area contributed by atoms with Crippen LogP contribution in [0.5, 0.6) is 0 Å². The maximum atomic E-state index is 13.6. The predicted octanol–water partition coefficient (Wildman–Crippen LogP) is 3.52. The second-order valence-electron chi connectivity index (χ2n) is 7.81. The molecule has 0 bridgehead atoms. The van der Waals surface area contributed by atoms with Gasteiger partial charge in [0.2, 0.25) is 0 Å². The molecule has 0 saturated heterocycles. The van der Waals surface area contributed by atoms with E-state index in [0.29, 0.717) is 25.6 Å². The third kappa shape index (κ3) is 4.38. The number of fused-ring (bicyclic) bond motifs is 1. The predicted molar refractivity (Wildman–Crippen MR) is 133 cm³/mol. The van der Waals surface area contributed by atoms with Gasteiger partial charge >= 0.3 is 5.97 Å². The molecular formula is C25H24ClN3O3S. The molecule has 8 heteroatoms. The average molecular weight is 482 g/mol. The van der Waals surface area contributed by atoms with Crippen LogP contribution >= 0.6 is 22.9 Å². The number of rotatable bonds is 5. The fourth-order valence-corrected chi connectivity index (χ4v) is 5.02. The number of ether oxygens (including phenoxy) is 1. The van der Waals surface area contributed by atoms with Crippen molar-refractivity contribution in [2.24, 2.45) is 4.99 Å². The molecule has 170 valence electrons. The minimum atomic E-state index is -0.634. The molecule has 1 atom stereocenters. The minimum absolute atomic E-state index is 0.227. The molecule has 3 aromatic rings. The smallest absolute Gasteiger partial charge is 0.338 e. The number of carbonyl (C=O) groups is 1. The second-order valence-corrected chi connectivity index (χ2v) is 9.23. The van der Waals surface area contributed by atoms with Crippen molar-refractivity contribution in [2.45, 2.75) is 19.9 Å². The summed E-state index contributed by atoms with van der Waals surface area (Å²) in [7, 11) is 3.92. The van der Waals surface area contributed by atoms with Gasteiger partial charge in [-0.05, 0) is 49.2 Å². The highest BCUT2D eigenvalue weighted by molar-refractivity contribution is 7.07. The van der Waals surface area contributed by atoms with Crippen molar-refractivity contribution in [2.75, 3.05) is 25.6 Å². The monoisotopic (exact) mass is 481 g/mol. The summed E-state index contributed by atoms with van der Waals surface area (Å²) in [6.07, 6.45) is 1.77. The van der Waals surface area contributed by atoms with Crippen LogP contribution in [-0.4, -0.2) is 31.2 Å². The van der Waals surface area contributed by atoms with E-state index in [1.165, 1.54) is 11.3 Å². The molecule has 1 aromatic heterocycles. The van der Waals surface area contributed by atoms with Gasteiger partial charge in [-0.15, -0.1) is 0 Å². The molecular weight excluding hydrogens is 458 g/mol. The molecule has 1 aliphatic heterocycles. The van der Waals surface area contributed by atoms with E-state index in [-0.39, 0.29) is 12.2 Å². The number of hydrogen-bond acceptors (Lipinski definition) is 6. The van der Waals surface area contributed by atoms with Gasteiger partial charge in [0.15, 0.2) is 4.80 Å². The summed E-state index contributed by atoms with van der Waals surface area (Å²) in [4.78, 5) is 33.6. The number of halogens is 1. The first-order chi connectivity index (χ1) is 15.8. The Hall–Kier alpha value is -3.16. The Bertz CT molecular complexity index is 1420. The standard InChI is InChI=1S/C25H24ClN3O3S/c1-5-32-24(31)21-15(2)27-25-29(22(21)16-10-12-18(13-11-16)28(3)4)23(30)20(33-25)14-17-8-6-7-9-19(17)26/h6-14,22H,5H2,1-4H3. The van der Waals surface area contributed by atoms with Crippen LogP contribution in [0.4, 0.5) is 5.69 Å². The van der Waals surface area contributed by atoms with Gasteiger partial charge in [0, 0.05) is 24.8 Å². The lowest BCUT2D eigenvalue weighted by Gasteiger charge is -2.25. The van der Waals surface area contributed by atoms with Crippen molar-refractivity contribution in [1.29, 1.82) is 0 Å². The highest BCUT2D eigenvalue weighted by Crippen LogP contribution is 2.31. The summed E-state index contributed by atoms with van der Waals surface area (Å²) < 4.78 is 7.41. The van der Waals surface area contributed by atoms with Crippen molar-refractivity contribution in [3.63, 3.8) is 0 Å². The summed E-state index contributed by atoms with van der Waals surface area (Å²) >= 11 is 7.59. The number of benzene rings is 2. The lowest BCUT2D eigenvalue weighted by atomic mass is 9.95.